The molecule has 0 aliphatic carbocycles. The van der Waals surface area contributed by atoms with Crippen molar-refractivity contribution < 1.29 is 46.6 Å². The van der Waals surface area contributed by atoms with E-state index in [4.69, 9.17) is 30.1 Å². The lowest BCUT2D eigenvalue weighted by molar-refractivity contribution is -0.149. The summed E-state index contributed by atoms with van der Waals surface area (Å²) in [5.74, 6) is -2.17. The number of alkyl halides is 2. The Kier molecular flexibility index (Phi) is 11.7. The number of aliphatic hydroxyl groups is 1. The van der Waals surface area contributed by atoms with E-state index in [1.54, 1.807) is 39.6 Å². The van der Waals surface area contributed by atoms with Gasteiger partial charge in [0.05, 0.1) is 25.5 Å². The quantitative estimate of drug-likeness (QED) is 0.132. The van der Waals surface area contributed by atoms with E-state index in [0.717, 1.165) is 11.8 Å². The molecule has 1 aromatic heterocycles. The van der Waals surface area contributed by atoms with Crippen LogP contribution in [0.1, 0.15) is 47.8 Å². The first-order valence-corrected chi connectivity index (χ1v) is 15.0. The van der Waals surface area contributed by atoms with Crippen molar-refractivity contribution in [2.75, 3.05) is 19.0 Å². The first-order chi connectivity index (χ1) is 18.3. The molecule has 0 bridgehead atoms. The number of aromatic amines is 1. The SMILES string of the molecule is CC(C)OC(=O)[C@@H](C)NP(=O)(OCCSC(=O)C(C)(C)C)OC[C@H]1O[C@@H](n2cc(F)c(=O)[nH]c2=O)[C@](F)(Cl)[C@@H]1O. The molecule has 0 saturated carbocycles. The molecule has 1 saturated heterocycles. The number of rotatable bonds is 12. The molecular weight excluding hydrogens is 603 g/mol. The van der Waals surface area contributed by atoms with Gasteiger partial charge < -0.3 is 14.6 Å². The highest BCUT2D eigenvalue weighted by molar-refractivity contribution is 8.13. The van der Waals surface area contributed by atoms with E-state index in [2.05, 4.69) is 5.09 Å². The van der Waals surface area contributed by atoms with Crippen LogP contribution in [0.5, 0.6) is 0 Å². The van der Waals surface area contributed by atoms with Crippen LogP contribution < -0.4 is 16.3 Å². The normalized spacial score (nSPS) is 25.5. The van der Waals surface area contributed by atoms with Crippen LogP contribution in [-0.2, 0) is 32.7 Å². The highest BCUT2D eigenvalue weighted by Crippen LogP contribution is 2.48. The smallest absolute Gasteiger partial charge is 0.406 e. The van der Waals surface area contributed by atoms with Crippen LogP contribution in [0.25, 0.3) is 0 Å². The van der Waals surface area contributed by atoms with Crippen molar-refractivity contribution in [1.82, 2.24) is 14.6 Å². The first kappa shape index (κ1) is 34.6. The lowest BCUT2D eigenvalue weighted by Crippen LogP contribution is -2.42. The number of aliphatic hydroxyl groups excluding tert-OH is 1. The highest BCUT2D eigenvalue weighted by atomic mass is 35.5. The molecule has 3 N–H and O–H groups in total. The molecule has 0 radical (unpaired) electrons. The molecule has 228 valence electrons. The van der Waals surface area contributed by atoms with Crippen molar-refractivity contribution >= 4 is 42.2 Å². The van der Waals surface area contributed by atoms with E-state index in [0.29, 0.717) is 10.8 Å². The van der Waals surface area contributed by atoms with E-state index in [9.17, 15) is 33.2 Å². The maximum Gasteiger partial charge on any atom is 0.406 e. The van der Waals surface area contributed by atoms with Crippen molar-refractivity contribution in [3.05, 3.63) is 32.9 Å². The summed E-state index contributed by atoms with van der Waals surface area (Å²) in [7, 11) is -4.42. The van der Waals surface area contributed by atoms with Gasteiger partial charge in [-0.15, -0.1) is 0 Å². The topological polar surface area (TPSA) is 175 Å². The van der Waals surface area contributed by atoms with E-state index >= 15 is 4.39 Å². The maximum atomic E-state index is 15.2. The molecule has 1 aliphatic rings. The molecular formula is C22H33ClF2N3O10PS. The third-order valence-corrected chi connectivity index (χ3v) is 8.58. The van der Waals surface area contributed by atoms with Gasteiger partial charge in [0.15, 0.2) is 11.3 Å². The second kappa shape index (κ2) is 13.6. The molecule has 0 aromatic carbocycles. The summed E-state index contributed by atoms with van der Waals surface area (Å²) in [6.07, 6.45) is -6.13. The molecule has 2 rings (SSSR count). The Labute approximate surface area is 237 Å². The second-order valence-electron chi connectivity index (χ2n) is 10.1. The van der Waals surface area contributed by atoms with Gasteiger partial charge in [0.25, 0.3) is 10.7 Å². The number of H-pyrrole nitrogens is 1. The molecule has 1 aromatic rings. The van der Waals surface area contributed by atoms with E-state index in [-0.39, 0.29) is 17.5 Å². The van der Waals surface area contributed by atoms with Crippen LogP contribution in [0.2, 0.25) is 0 Å². The zero-order valence-electron chi connectivity index (χ0n) is 22.6. The molecule has 1 fully saturated rings. The lowest BCUT2D eigenvalue weighted by atomic mass is 10.00. The number of hydrogen-bond donors (Lipinski definition) is 3. The number of halogens is 3. The van der Waals surface area contributed by atoms with Gasteiger partial charge in [-0.05, 0) is 20.8 Å². The standard InChI is InChI=1S/C22H33ClF2N3O10PS/c1-11(2)37-17(31)12(3)27-39(34,35-7-8-40-19(32)21(4,5)6)36-10-14-15(29)22(23,25)18(38-14)28-9-13(24)16(30)26-20(28)33/h9,11-12,14-15,18,29H,7-8,10H2,1-6H3,(H,27,34)(H,26,30,33)/t12-,14-,15-,18-,22+,39?/m1/s1. The number of carbonyl (C=O) groups is 2. The highest BCUT2D eigenvalue weighted by Gasteiger charge is 2.58. The predicted octanol–water partition coefficient (Wildman–Crippen LogP) is 2.22. The minimum atomic E-state index is -4.42. The van der Waals surface area contributed by atoms with Crippen molar-refractivity contribution in [2.24, 2.45) is 5.41 Å². The van der Waals surface area contributed by atoms with Gasteiger partial charge >= 0.3 is 19.4 Å². The van der Waals surface area contributed by atoms with Gasteiger partial charge in [-0.1, -0.05) is 44.1 Å². The number of aromatic nitrogens is 2. The summed E-state index contributed by atoms with van der Waals surface area (Å²) in [5, 5.41) is 9.43. The van der Waals surface area contributed by atoms with Crippen molar-refractivity contribution in [3.63, 3.8) is 0 Å². The summed E-state index contributed by atoms with van der Waals surface area (Å²) < 4.78 is 63.8. The Morgan fingerprint density at radius 1 is 1.32 bits per heavy atom. The Morgan fingerprint density at radius 3 is 2.52 bits per heavy atom. The van der Waals surface area contributed by atoms with Gasteiger partial charge in [-0.25, -0.2) is 18.8 Å². The zero-order valence-corrected chi connectivity index (χ0v) is 25.1. The molecule has 6 atom stereocenters. The Morgan fingerprint density at radius 2 is 1.95 bits per heavy atom. The van der Waals surface area contributed by atoms with E-state index in [1.807, 2.05) is 0 Å². The predicted molar refractivity (Wildman–Crippen MR) is 141 cm³/mol. The molecule has 0 amide bonds. The molecule has 2 heterocycles. The zero-order chi connectivity index (χ0) is 30.6. The van der Waals surface area contributed by atoms with Gasteiger partial charge in [-0.2, -0.15) is 4.39 Å². The van der Waals surface area contributed by atoms with Crippen LogP contribution in [0, 0.1) is 11.2 Å². The average molecular weight is 636 g/mol. The molecule has 0 spiro atoms. The third-order valence-electron chi connectivity index (χ3n) is 5.21. The van der Waals surface area contributed by atoms with Crippen LogP contribution in [0.3, 0.4) is 0 Å². The number of nitrogens with one attached hydrogen (secondary N) is 2. The number of thioether (sulfide) groups is 1. The van der Waals surface area contributed by atoms with Gasteiger partial charge in [0.1, 0.15) is 18.2 Å². The number of carbonyl (C=O) groups excluding carboxylic acids is 2. The van der Waals surface area contributed by atoms with E-state index in [1.165, 1.54) is 6.92 Å². The van der Waals surface area contributed by atoms with Crippen LogP contribution in [0.4, 0.5) is 8.78 Å². The Bertz CT molecular complexity index is 1240. The molecule has 1 unspecified atom stereocenters. The first-order valence-electron chi connectivity index (χ1n) is 12.1. The minimum Gasteiger partial charge on any atom is -0.462 e. The summed E-state index contributed by atoms with van der Waals surface area (Å²) in [4.78, 5) is 49.4. The second-order valence-corrected chi connectivity index (χ2v) is 13.6. The van der Waals surface area contributed by atoms with Crippen molar-refractivity contribution in [1.29, 1.82) is 0 Å². The summed E-state index contributed by atoms with van der Waals surface area (Å²) >= 11 is 6.71. The summed E-state index contributed by atoms with van der Waals surface area (Å²) in [6.45, 7) is 8.56. The van der Waals surface area contributed by atoms with Gasteiger partial charge in [0.2, 0.25) is 5.82 Å². The molecule has 1 aliphatic heterocycles. The van der Waals surface area contributed by atoms with Crippen molar-refractivity contribution in [2.45, 2.75) is 77.3 Å². The monoisotopic (exact) mass is 635 g/mol. The fourth-order valence-corrected chi connectivity index (χ4v) is 5.84. The average Bonchev–Trinajstić information content (AvgIpc) is 3.05. The Balaban J connectivity index is 2.19. The van der Waals surface area contributed by atoms with Crippen LogP contribution in [-0.4, -0.2) is 74.2 Å². The minimum absolute atomic E-state index is 0.0660. The maximum absolute atomic E-state index is 15.2. The van der Waals surface area contributed by atoms with Gasteiger partial charge in [0, 0.05) is 11.2 Å². The number of ether oxygens (including phenoxy) is 2. The van der Waals surface area contributed by atoms with Crippen LogP contribution in [0.15, 0.2) is 15.8 Å². The van der Waals surface area contributed by atoms with Crippen LogP contribution >= 0.6 is 31.1 Å². The van der Waals surface area contributed by atoms with E-state index < -0.39 is 78.5 Å². The number of esters is 1. The van der Waals surface area contributed by atoms with Gasteiger partial charge in [-0.3, -0.25) is 33.0 Å². The van der Waals surface area contributed by atoms with Crippen molar-refractivity contribution in [3.8, 4) is 0 Å². The Hall–Kier alpha value is -1.65. The largest absolute Gasteiger partial charge is 0.462 e. The fourth-order valence-electron chi connectivity index (χ4n) is 3.16. The number of nitrogens with zero attached hydrogens (tertiary/aromatic N) is 1. The third kappa shape index (κ3) is 8.92. The summed E-state index contributed by atoms with van der Waals surface area (Å²) in [6, 6.07) is -1.21. The lowest BCUT2D eigenvalue weighted by Gasteiger charge is -2.25. The molecule has 13 nitrogen and oxygen atoms in total. The number of hydrogen-bond acceptors (Lipinski definition) is 11. The molecule has 40 heavy (non-hydrogen) atoms. The summed E-state index contributed by atoms with van der Waals surface area (Å²) in [5.41, 5.74) is -3.28. The molecule has 18 heteroatoms. The fraction of sp³-hybridized carbons (Fsp3) is 0.727.